The number of ether oxygens (including phenoxy) is 1. The van der Waals surface area contributed by atoms with E-state index >= 15 is 0 Å². The molecule has 0 aliphatic heterocycles. The number of nitrogens with zero attached hydrogens (tertiary/aromatic N) is 2. The maximum Gasteiger partial charge on any atom is 0.125 e. The predicted molar refractivity (Wildman–Crippen MR) is 86.4 cm³/mol. The van der Waals surface area contributed by atoms with Gasteiger partial charge < -0.3 is 9.30 Å². The van der Waals surface area contributed by atoms with Gasteiger partial charge >= 0.3 is 0 Å². The van der Waals surface area contributed by atoms with Crippen LogP contribution in [0.3, 0.4) is 0 Å². The van der Waals surface area contributed by atoms with Gasteiger partial charge in [-0.1, -0.05) is 29.8 Å². The molecule has 0 bridgehead atoms. The van der Waals surface area contributed by atoms with Gasteiger partial charge in [-0.3, -0.25) is 0 Å². The van der Waals surface area contributed by atoms with Gasteiger partial charge in [0.05, 0.1) is 23.5 Å². The number of halogens is 2. The molecular weight excluding hydrogens is 307 g/mol. The fourth-order valence-corrected chi connectivity index (χ4v) is 2.81. The number of aromatic nitrogens is 2. The van der Waals surface area contributed by atoms with Gasteiger partial charge in [0, 0.05) is 6.54 Å². The Morgan fingerprint density at radius 3 is 2.76 bits per heavy atom. The molecule has 21 heavy (non-hydrogen) atoms. The van der Waals surface area contributed by atoms with Crippen LogP contribution in [-0.2, 0) is 12.4 Å². The van der Waals surface area contributed by atoms with Crippen molar-refractivity contribution in [2.45, 2.75) is 12.4 Å². The van der Waals surface area contributed by atoms with Gasteiger partial charge in [-0.05, 0) is 29.8 Å². The standard InChI is InChI=1S/C16H14Cl2N2O/c1-21-12-5-2-4-11(8-12)10-20-14-7-3-6-13(18)16(14)19-15(20)9-17/h2-8H,9-10H2,1H3. The van der Waals surface area contributed by atoms with Crippen LogP contribution in [0.1, 0.15) is 11.4 Å². The molecule has 0 unspecified atom stereocenters. The van der Waals surface area contributed by atoms with Gasteiger partial charge in [0.1, 0.15) is 17.1 Å². The smallest absolute Gasteiger partial charge is 0.125 e. The molecule has 5 heteroatoms. The highest BCUT2D eigenvalue weighted by atomic mass is 35.5. The van der Waals surface area contributed by atoms with E-state index in [9.17, 15) is 0 Å². The predicted octanol–water partition coefficient (Wildman–Crippen LogP) is 4.49. The highest BCUT2D eigenvalue weighted by Gasteiger charge is 2.12. The first-order valence-electron chi connectivity index (χ1n) is 6.55. The lowest BCUT2D eigenvalue weighted by Crippen LogP contribution is -2.04. The van der Waals surface area contributed by atoms with Crippen LogP contribution in [0.5, 0.6) is 5.75 Å². The highest BCUT2D eigenvalue weighted by Crippen LogP contribution is 2.26. The number of alkyl halides is 1. The second-order valence-corrected chi connectivity index (χ2v) is 5.38. The minimum absolute atomic E-state index is 0.342. The largest absolute Gasteiger partial charge is 0.497 e. The molecule has 0 atom stereocenters. The summed E-state index contributed by atoms with van der Waals surface area (Å²) in [5.74, 6) is 1.99. The molecule has 0 radical (unpaired) electrons. The number of imidazole rings is 1. The van der Waals surface area contributed by atoms with E-state index in [1.807, 2.05) is 36.4 Å². The minimum atomic E-state index is 0.342. The van der Waals surface area contributed by atoms with Gasteiger partial charge in [-0.25, -0.2) is 4.98 Å². The van der Waals surface area contributed by atoms with Crippen LogP contribution in [0.2, 0.25) is 5.02 Å². The molecule has 0 amide bonds. The zero-order valence-electron chi connectivity index (χ0n) is 11.5. The summed E-state index contributed by atoms with van der Waals surface area (Å²) in [5, 5.41) is 0.642. The number of benzene rings is 2. The fraction of sp³-hybridized carbons (Fsp3) is 0.188. The van der Waals surface area contributed by atoms with E-state index in [1.54, 1.807) is 7.11 Å². The second kappa shape index (κ2) is 5.96. The molecule has 2 aromatic carbocycles. The topological polar surface area (TPSA) is 27.1 Å². The Labute approximate surface area is 133 Å². The van der Waals surface area contributed by atoms with Crippen molar-refractivity contribution in [1.29, 1.82) is 0 Å². The number of fused-ring (bicyclic) bond motifs is 1. The molecule has 3 rings (SSSR count). The van der Waals surface area contributed by atoms with Crippen molar-refractivity contribution in [1.82, 2.24) is 9.55 Å². The molecule has 0 aliphatic carbocycles. The molecule has 1 heterocycles. The average Bonchev–Trinajstić information content (AvgIpc) is 2.87. The molecule has 0 fully saturated rings. The van der Waals surface area contributed by atoms with E-state index in [-0.39, 0.29) is 0 Å². The summed E-state index contributed by atoms with van der Waals surface area (Å²) >= 11 is 12.2. The Hall–Kier alpha value is -1.71. The number of hydrogen-bond acceptors (Lipinski definition) is 2. The lowest BCUT2D eigenvalue weighted by atomic mass is 10.2. The van der Waals surface area contributed by atoms with E-state index in [0.717, 1.165) is 28.2 Å². The van der Waals surface area contributed by atoms with Crippen molar-refractivity contribution in [2.24, 2.45) is 0 Å². The fourth-order valence-electron chi connectivity index (χ4n) is 2.39. The van der Waals surface area contributed by atoms with E-state index < -0.39 is 0 Å². The molecular formula is C16H14Cl2N2O. The van der Waals surface area contributed by atoms with Crippen LogP contribution < -0.4 is 4.74 Å². The maximum absolute atomic E-state index is 6.21. The summed E-state index contributed by atoms with van der Waals surface area (Å²) in [4.78, 5) is 4.54. The first kappa shape index (κ1) is 14.2. The van der Waals surface area contributed by atoms with Crippen molar-refractivity contribution in [3.63, 3.8) is 0 Å². The summed E-state index contributed by atoms with van der Waals surface area (Å²) < 4.78 is 7.35. The monoisotopic (exact) mass is 320 g/mol. The Kier molecular flexibility index (Phi) is 4.04. The van der Waals surface area contributed by atoms with E-state index in [1.165, 1.54) is 0 Å². The van der Waals surface area contributed by atoms with Crippen LogP contribution in [0.25, 0.3) is 11.0 Å². The van der Waals surface area contributed by atoms with Gasteiger partial charge in [0.15, 0.2) is 0 Å². The first-order chi connectivity index (χ1) is 10.2. The molecule has 0 N–H and O–H groups in total. The number of para-hydroxylation sites is 1. The second-order valence-electron chi connectivity index (χ2n) is 4.71. The first-order valence-corrected chi connectivity index (χ1v) is 7.46. The van der Waals surface area contributed by atoms with Crippen LogP contribution in [0.4, 0.5) is 0 Å². The van der Waals surface area contributed by atoms with Crippen LogP contribution >= 0.6 is 23.2 Å². The molecule has 1 aromatic heterocycles. The number of hydrogen-bond donors (Lipinski definition) is 0. The van der Waals surface area contributed by atoms with E-state index in [0.29, 0.717) is 17.4 Å². The van der Waals surface area contributed by atoms with Crippen LogP contribution in [0, 0.1) is 0 Å². The van der Waals surface area contributed by atoms with Crippen molar-refractivity contribution in [2.75, 3.05) is 7.11 Å². The third-order valence-corrected chi connectivity index (χ3v) is 3.95. The summed E-state index contributed by atoms with van der Waals surface area (Å²) in [6, 6.07) is 13.7. The molecule has 3 aromatic rings. The van der Waals surface area contributed by atoms with Crippen molar-refractivity contribution in [3.8, 4) is 5.75 Å². The Morgan fingerprint density at radius 1 is 1.19 bits per heavy atom. The quantitative estimate of drug-likeness (QED) is 0.662. The summed E-state index contributed by atoms with van der Waals surface area (Å²) in [7, 11) is 1.66. The maximum atomic E-state index is 6.21. The van der Waals surface area contributed by atoms with Gasteiger partial charge in [-0.2, -0.15) is 0 Å². The van der Waals surface area contributed by atoms with Crippen LogP contribution in [0.15, 0.2) is 42.5 Å². The lowest BCUT2D eigenvalue weighted by molar-refractivity contribution is 0.414. The highest BCUT2D eigenvalue weighted by molar-refractivity contribution is 6.35. The number of methoxy groups -OCH3 is 1. The van der Waals surface area contributed by atoms with Gasteiger partial charge in [0.2, 0.25) is 0 Å². The van der Waals surface area contributed by atoms with Crippen LogP contribution in [-0.4, -0.2) is 16.7 Å². The zero-order chi connectivity index (χ0) is 14.8. The van der Waals surface area contributed by atoms with Crippen molar-refractivity contribution < 1.29 is 4.74 Å². The SMILES string of the molecule is COc1cccc(Cn2c(CCl)nc3c(Cl)cccc32)c1. The molecule has 108 valence electrons. The molecule has 0 saturated carbocycles. The summed E-state index contributed by atoms with van der Waals surface area (Å²) in [6.07, 6.45) is 0. The minimum Gasteiger partial charge on any atom is -0.497 e. The molecule has 0 aliphatic rings. The third-order valence-electron chi connectivity index (χ3n) is 3.40. The van der Waals surface area contributed by atoms with Crippen molar-refractivity contribution in [3.05, 3.63) is 58.9 Å². The summed E-state index contributed by atoms with van der Waals surface area (Å²) in [6.45, 7) is 0.677. The Balaban J connectivity index is 2.08. The average molecular weight is 321 g/mol. The Bertz CT molecular complexity index is 783. The van der Waals surface area contributed by atoms with E-state index in [2.05, 4.69) is 15.6 Å². The van der Waals surface area contributed by atoms with Crippen molar-refractivity contribution >= 4 is 34.2 Å². The van der Waals surface area contributed by atoms with Gasteiger partial charge in [-0.15, -0.1) is 11.6 Å². The lowest BCUT2D eigenvalue weighted by Gasteiger charge is -2.09. The third kappa shape index (κ3) is 2.71. The van der Waals surface area contributed by atoms with Gasteiger partial charge in [0.25, 0.3) is 0 Å². The molecule has 0 spiro atoms. The molecule has 3 nitrogen and oxygen atoms in total. The summed E-state index contributed by atoms with van der Waals surface area (Å²) in [5.41, 5.74) is 2.90. The molecule has 0 saturated heterocycles. The normalized spacial score (nSPS) is 11.0. The van der Waals surface area contributed by atoms with E-state index in [4.69, 9.17) is 27.9 Å². The number of rotatable bonds is 4. The Morgan fingerprint density at radius 2 is 2.00 bits per heavy atom. The zero-order valence-corrected chi connectivity index (χ0v) is 13.0.